The largest absolute Gasteiger partial charge is 0.462 e. The van der Waals surface area contributed by atoms with Crippen molar-refractivity contribution in [1.29, 1.82) is 0 Å². The molecule has 0 saturated carbocycles. The predicted molar refractivity (Wildman–Crippen MR) is 247 cm³/mol. The summed E-state index contributed by atoms with van der Waals surface area (Å²) in [4.78, 5) is 37.9. The zero-order valence-corrected chi connectivity index (χ0v) is 39.7. The number of unbranched alkanes of at least 4 members (excludes halogenated alkanes) is 31. The van der Waals surface area contributed by atoms with Gasteiger partial charge in [0.05, 0.1) is 0 Å². The summed E-state index contributed by atoms with van der Waals surface area (Å²) in [6, 6.07) is 0. The number of ether oxygens (including phenoxy) is 3. The van der Waals surface area contributed by atoms with Crippen LogP contribution in [0.5, 0.6) is 0 Å². The highest BCUT2D eigenvalue weighted by atomic mass is 16.6. The van der Waals surface area contributed by atoms with E-state index in [1.165, 1.54) is 173 Å². The fraction of sp³-hybridized carbons (Fsp3) is 0.942. The van der Waals surface area contributed by atoms with Crippen LogP contribution in [0, 0.1) is 11.8 Å². The minimum absolute atomic E-state index is 0.0637. The van der Waals surface area contributed by atoms with Crippen molar-refractivity contribution in [2.45, 2.75) is 291 Å². The van der Waals surface area contributed by atoms with Crippen LogP contribution < -0.4 is 0 Å². The summed E-state index contributed by atoms with van der Waals surface area (Å²) in [5.41, 5.74) is 0. The van der Waals surface area contributed by atoms with E-state index in [-0.39, 0.29) is 31.1 Å². The van der Waals surface area contributed by atoms with Crippen LogP contribution in [0.2, 0.25) is 0 Å². The van der Waals surface area contributed by atoms with Gasteiger partial charge in [-0.2, -0.15) is 0 Å². The van der Waals surface area contributed by atoms with Crippen LogP contribution in [0.1, 0.15) is 285 Å². The number of rotatable bonds is 46. The van der Waals surface area contributed by atoms with Crippen LogP contribution in [0.3, 0.4) is 0 Å². The maximum absolute atomic E-state index is 12.7. The Labute approximate surface area is 361 Å². The minimum Gasteiger partial charge on any atom is -0.462 e. The molecule has 0 aliphatic carbocycles. The van der Waals surface area contributed by atoms with Crippen LogP contribution in [0.4, 0.5) is 0 Å². The van der Waals surface area contributed by atoms with Crippen LogP contribution in [0.25, 0.3) is 0 Å². The molecule has 0 bridgehead atoms. The lowest BCUT2D eigenvalue weighted by molar-refractivity contribution is -0.167. The smallest absolute Gasteiger partial charge is 0.306 e. The van der Waals surface area contributed by atoms with Crippen molar-refractivity contribution in [1.82, 2.24) is 0 Å². The Hall–Kier alpha value is -1.59. The molecule has 6 heteroatoms. The van der Waals surface area contributed by atoms with Gasteiger partial charge in [-0.3, -0.25) is 14.4 Å². The molecule has 0 rings (SSSR count). The molecule has 0 spiro atoms. The van der Waals surface area contributed by atoms with Gasteiger partial charge in [-0.05, 0) is 31.1 Å². The standard InChI is InChI=1S/C52H100O6/c1-6-7-8-9-10-11-15-24-29-34-39-44-52(55)58-49(46-57-51(54)43-38-33-28-23-19-18-21-26-31-36-41-48(4)5)45-56-50(53)42-37-32-27-22-17-14-12-13-16-20-25-30-35-40-47(2)3/h47-49H,6-46H2,1-5H3/t49-/m1/s1. The minimum atomic E-state index is -0.761. The molecule has 0 radical (unpaired) electrons. The fourth-order valence-corrected chi connectivity index (χ4v) is 7.81. The Morgan fingerprint density at radius 3 is 0.845 bits per heavy atom. The molecule has 0 saturated heterocycles. The molecule has 0 heterocycles. The van der Waals surface area contributed by atoms with E-state index in [1.54, 1.807) is 0 Å². The third-order valence-corrected chi connectivity index (χ3v) is 11.7. The van der Waals surface area contributed by atoms with E-state index in [4.69, 9.17) is 14.2 Å². The zero-order valence-electron chi connectivity index (χ0n) is 39.7. The molecule has 0 N–H and O–H groups in total. The van der Waals surface area contributed by atoms with E-state index in [0.29, 0.717) is 19.3 Å². The van der Waals surface area contributed by atoms with Crippen molar-refractivity contribution in [3.8, 4) is 0 Å². The topological polar surface area (TPSA) is 78.9 Å². The van der Waals surface area contributed by atoms with Gasteiger partial charge >= 0.3 is 17.9 Å². The second kappa shape index (κ2) is 44.9. The zero-order chi connectivity index (χ0) is 42.6. The lowest BCUT2D eigenvalue weighted by Gasteiger charge is -2.18. The first-order valence-electron chi connectivity index (χ1n) is 25.7. The van der Waals surface area contributed by atoms with Gasteiger partial charge in [-0.15, -0.1) is 0 Å². The van der Waals surface area contributed by atoms with Gasteiger partial charge in [-0.25, -0.2) is 0 Å². The van der Waals surface area contributed by atoms with Crippen LogP contribution in [-0.2, 0) is 28.6 Å². The van der Waals surface area contributed by atoms with Crippen LogP contribution in [-0.4, -0.2) is 37.2 Å². The fourth-order valence-electron chi connectivity index (χ4n) is 7.81. The average molecular weight is 821 g/mol. The molecule has 0 aliphatic heterocycles. The SMILES string of the molecule is CCCCCCCCCCCCCC(=O)O[C@H](COC(=O)CCCCCCCCCCCCCCCC(C)C)COC(=O)CCCCCCCCCCCCC(C)C. The van der Waals surface area contributed by atoms with Gasteiger partial charge in [0.15, 0.2) is 6.10 Å². The maximum atomic E-state index is 12.7. The normalized spacial score (nSPS) is 12.1. The van der Waals surface area contributed by atoms with E-state index >= 15 is 0 Å². The Morgan fingerprint density at radius 2 is 0.569 bits per heavy atom. The summed E-state index contributed by atoms with van der Waals surface area (Å²) in [5, 5.41) is 0. The molecule has 0 aliphatic rings. The lowest BCUT2D eigenvalue weighted by atomic mass is 10.0. The molecular formula is C52H100O6. The molecule has 0 aromatic heterocycles. The molecular weight excluding hydrogens is 721 g/mol. The number of esters is 3. The predicted octanol–water partition coefficient (Wildman–Crippen LogP) is 16.5. The van der Waals surface area contributed by atoms with Crippen molar-refractivity contribution < 1.29 is 28.6 Å². The lowest BCUT2D eigenvalue weighted by Crippen LogP contribution is -2.30. The first kappa shape index (κ1) is 56.4. The molecule has 0 aromatic carbocycles. The van der Waals surface area contributed by atoms with Crippen molar-refractivity contribution >= 4 is 17.9 Å². The van der Waals surface area contributed by atoms with Crippen molar-refractivity contribution in [2.75, 3.05) is 13.2 Å². The summed E-state index contributed by atoms with van der Waals surface area (Å²) in [7, 11) is 0. The Bertz CT molecular complexity index is 885. The van der Waals surface area contributed by atoms with E-state index in [0.717, 1.165) is 69.6 Å². The molecule has 6 nitrogen and oxygen atoms in total. The highest BCUT2D eigenvalue weighted by Crippen LogP contribution is 2.17. The van der Waals surface area contributed by atoms with E-state index in [1.807, 2.05) is 0 Å². The Balaban J connectivity index is 4.29. The van der Waals surface area contributed by atoms with Crippen molar-refractivity contribution in [3.63, 3.8) is 0 Å². The van der Waals surface area contributed by atoms with Crippen molar-refractivity contribution in [2.24, 2.45) is 11.8 Å². The first-order chi connectivity index (χ1) is 28.2. The highest BCUT2D eigenvalue weighted by Gasteiger charge is 2.19. The second-order valence-electron chi connectivity index (χ2n) is 18.8. The molecule has 344 valence electrons. The van der Waals surface area contributed by atoms with Gasteiger partial charge in [0.1, 0.15) is 13.2 Å². The van der Waals surface area contributed by atoms with Gasteiger partial charge in [0.25, 0.3) is 0 Å². The summed E-state index contributed by atoms with van der Waals surface area (Å²) in [6.45, 7) is 11.4. The van der Waals surface area contributed by atoms with Gasteiger partial charge in [0.2, 0.25) is 0 Å². The van der Waals surface area contributed by atoms with Crippen molar-refractivity contribution in [3.05, 3.63) is 0 Å². The maximum Gasteiger partial charge on any atom is 0.306 e. The summed E-state index contributed by atoms with van der Waals surface area (Å²) < 4.78 is 16.8. The van der Waals surface area contributed by atoms with Gasteiger partial charge < -0.3 is 14.2 Å². The van der Waals surface area contributed by atoms with Crippen LogP contribution in [0.15, 0.2) is 0 Å². The number of hydrogen-bond donors (Lipinski definition) is 0. The summed E-state index contributed by atoms with van der Waals surface area (Å²) >= 11 is 0. The number of carbonyl (C=O) groups excluding carboxylic acids is 3. The van der Waals surface area contributed by atoms with Crippen LogP contribution >= 0.6 is 0 Å². The Kier molecular flexibility index (Phi) is 43.7. The first-order valence-corrected chi connectivity index (χ1v) is 25.7. The molecule has 1 atom stereocenters. The van der Waals surface area contributed by atoms with Gasteiger partial charge in [0, 0.05) is 19.3 Å². The number of hydrogen-bond acceptors (Lipinski definition) is 6. The highest BCUT2D eigenvalue weighted by molar-refractivity contribution is 5.71. The molecule has 0 fully saturated rings. The van der Waals surface area contributed by atoms with E-state index in [9.17, 15) is 14.4 Å². The summed E-state index contributed by atoms with van der Waals surface area (Å²) in [6.07, 6.45) is 45.1. The summed E-state index contributed by atoms with van der Waals surface area (Å²) in [5.74, 6) is 0.809. The molecule has 0 unspecified atom stereocenters. The quantitative estimate of drug-likeness (QED) is 0.0346. The van der Waals surface area contributed by atoms with E-state index in [2.05, 4.69) is 34.6 Å². The molecule has 0 aromatic rings. The average Bonchev–Trinajstić information content (AvgIpc) is 3.19. The molecule has 58 heavy (non-hydrogen) atoms. The van der Waals surface area contributed by atoms with E-state index < -0.39 is 6.10 Å². The molecule has 0 amide bonds. The Morgan fingerprint density at radius 1 is 0.328 bits per heavy atom. The third-order valence-electron chi connectivity index (χ3n) is 11.7. The third kappa shape index (κ3) is 45.5. The monoisotopic (exact) mass is 821 g/mol. The number of carbonyl (C=O) groups is 3. The second-order valence-corrected chi connectivity index (χ2v) is 18.8. The van der Waals surface area contributed by atoms with Gasteiger partial charge in [-0.1, -0.05) is 247 Å².